The first-order valence-corrected chi connectivity index (χ1v) is 10.2. The molecule has 0 bridgehead atoms. The molecule has 0 fully saturated rings. The molecule has 0 saturated carbocycles. The summed E-state index contributed by atoms with van der Waals surface area (Å²) < 4.78 is 10.2. The highest BCUT2D eigenvalue weighted by Crippen LogP contribution is 2.35. The number of hydrogen-bond acceptors (Lipinski definition) is 8. The summed E-state index contributed by atoms with van der Waals surface area (Å²) in [6.07, 6.45) is 5.72. The quantitative estimate of drug-likeness (QED) is 0.621. The van der Waals surface area contributed by atoms with Gasteiger partial charge in [0.15, 0.2) is 12.3 Å². The van der Waals surface area contributed by atoms with Crippen molar-refractivity contribution in [2.45, 2.75) is 40.5 Å². The van der Waals surface area contributed by atoms with Crippen molar-refractivity contribution in [2.75, 3.05) is 18.5 Å². The van der Waals surface area contributed by atoms with E-state index >= 15 is 0 Å². The fourth-order valence-corrected chi connectivity index (χ4v) is 3.69. The second-order valence-corrected chi connectivity index (χ2v) is 7.72. The van der Waals surface area contributed by atoms with Gasteiger partial charge in [-0.25, -0.2) is 14.6 Å². The van der Waals surface area contributed by atoms with E-state index in [1.54, 1.807) is 6.92 Å². The van der Waals surface area contributed by atoms with Gasteiger partial charge in [0.25, 0.3) is 5.91 Å². The molecular weight excluding hydrogens is 394 g/mol. The third-order valence-electron chi connectivity index (χ3n) is 4.30. The molecule has 9 heteroatoms. The van der Waals surface area contributed by atoms with Crippen molar-refractivity contribution in [1.29, 1.82) is 0 Å². The molecule has 0 spiro atoms. The zero-order valence-corrected chi connectivity index (χ0v) is 17.8. The van der Waals surface area contributed by atoms with Crippen LogP contribution in [0.5, 0.6) is 0 Å². The molecule has 156 valence electrons. The van der Waals surface area contributed by atoms with Gasteiger partial charge in [-0.2, -0.15) is 0 Å². The molecule has 2 aromatic heterocycles. The normalized spacial score (nSPS) is 11.6. The molecule has 0 aliphatic carbocycles. The summed E-state index contributed by atoms with van der Waals surface area (Å²) in [5.41, 5.74) is 1.27. The van der Waals surface area contributed by atoms with Gasteiger partial charge in [-0.15, -0.1) is 11.3 Å². The Bertz CT molecular complexity index is 867. The number of anilines is 1. The molecule has 2 aromatic rings. The molecule has 0 aliphatic heterocycles. The molecule has 29 heavy (non-hydrogen) atoms. The van der Waals surface area contributed by atoms with Crippen LogP contribution in [-0.4, -0.2) is 41.0 Å². The van der Waals surface area contributed by atoms with Crippen LogP contribution in [0.2, 0.25) is 0 Å². The zero-order valence-electron chi connectivity index (χ0n) is 17.0. The van der Waals surface area contributed by atoms with Crippen molar-refractivity contribution in [3.8, 4) is 0 Å². The lowest BCUT2D eigenvalue weighted by atomic mass is 9.96. The van der Waals surface area contributed by atoms with Gasteiger partial charge in [-0.1, -0.05) is 20.3 Å². The number of nitrogens with zero attached hydrogens (tertiary/aromatic N) is 2. The van der Waals surface area contributed by atoms with Crippen LogP contribution < -0.4 is 5.32 Å². The van der Waals surface area contributed by atoms with E-state index in [0.29, 0.717) is 22.9 Å². The zero-order chi connectivity index (χ0) is 21.4. The minimum Gasteiger partial charge on any atom is -0.462 e. The van der Waals surface area contributed by atoms with Crippen molar-refractivity contribution in [3.63, 3.8) is 0 Å². The van der Waals surface area contributed by atoms with Crippen LogP contribution >= 0.6 is 11.3 Å². The Labute approximate surface area is 173 Å². The molecule has 0 aliphatic rings. The first-order chi connectivity index (χ1) is 13.9. The minimum absolute atomic E-state index is 0.00956. The number of hydrogen-bond donors (Lipinski definition) is 1. The van der Waals surface area contributed by atoms with Crippen molar-refractivity contribution < 1.29 is 23.9 Å². The van der Waals surface area contributed by atoms with Crippen LogP contribution in [0.4, 0.5) is 5.00 Å². The van der Waals surface area contributed by atoms with Crippen molar-refractivity contribution >= 4 is 34.2 Å². The van der Waals surface area contributed by atoms with Crippen LogP contribution in [0, 0.1) is 12.8 Å². The Morgan fingerprint density at radius 1 is 1.17 bits per heavy atom. The molecule has 0 aromatic carbocycles. The second-order valence-electron chi connectivity index (χ2n) is 6.49. The van der Waals surface area contributed by atoms with E-state index in [9.17, 15) is 14.4 Å². The average Bonchev–Trinajstić information content (AvgIpc) is 3.01. The van der Waals surface area contributed by atoms with Crippen molar-refractivity contribution in [2.24, 2.45) is 5.92 Å². The van der Waals surface area contributed by atoms with Crippen molar-refractivity contribution in [3.05, 3.63) is 40.3 Å². The summed E-state index contributed by atoms with van der Waals surface area (Å²) >= 11 is 1.31. The Hall–Kier alpha value is -2.81. The Kier molecular flexibility index (Phi) is 8.26. The number of ether oxygens (including phenoxy) is 2. The standard InChI is InChI=1S/C20H25N3O5S/c1-5-12(3)9-14-13(4)29-18(17(14)20(26)27-6-2)23-16(24)11-28-19(25)15-10-21-7-8-22-15/h7-8,10,12H,5-6,9,11H2,1-4H3,(H,23,24)/t12-/m0/s1. The van der Waals surface area contributed by atoms with Crippen molar-refractivity contribution in [1.82, 2.24) is 9.97 Å². The van der Waals surface area contributed by atoms with E-state index in [4.69, 9.17) is 9.47 Å². The Morgan fingerprint density at radius 3 is 2.55 bits per heavy atom. The SMILES string of the molecule is CCOC(=O)c1c(NC(=O)COC(=O)c2cnccn2)sc(C)c1C[C@@H](C)CC. The molecule has 1 amide bonds. The lowest BCUT2D eigenvalue weighted by molar-refractivity contribution is -0.119. The van der Waals surface area contributed by atoms with Crippen LogP contribution in [0.1, 0.15) is 58.5 Å². The number of carbonyl (C=O) groups excluding carboxylic acids is 3. The van der Waals surface area contributed by atoms with Crippen LogP contribution in [-0.2, 0) is 20.7 Å². The molecule has 1 atom stereocenters. The number of aryl methyl sites for hydroxylation is 1. The number of thiophene rings is 1. The number of rotatable bonds is 9. The highest BCUT2D eigenvalue weighted by molar-refractivity contribution is 7.16. The Morgan fingerprint density at radius 2 is 1.93 bits per heavy atom. The number of aromatic nitrogens is 2. The summed E-state index contributed by atoms with van der Waals surface area (Å²) in [5.74, 6) is -1.39. The van der Waals surface area contributed by atoms with Gasteiger partial charge in [-0.05, 0) is 31.7 Å². The largest absolute Gasteiger partial charge is 0.462 e. The minimum atomic E-state index is -0.751. The van der Waals surface area contributed by atoms with E-state index in [1.807, 2.05) is 6.92 Å². The fraction of sp³-hybridized carbons (Fsp3) is 0.450. The van der Waals surface area contributed by atoms with E-state index in [0.717, 1.165) is 16.9 Å². The molecule has 0 unspecified atom stereocenters. The maximum absolute atomic E-state index is 12.5. The topological polar surface area (TPSA) is 107 Å². The first kappa shape index (κ1) is 22.5. The summed E-state index contributed by atoms with van der Waals surface area (Å²) in [6.45, 7) is 7.57. The smallest absolute Gasteiger partial charge is 0.359 e. The van der Waals surface area contributed by atoms with E-state index in [1.165, 1.54) is 29.9 Å². The molecule has 2 rings (SSSR count). The number of nitrogens with one attached hydrogen (secondary N) is 1. The third kappa shape index (κ3) is 6.08. The molecule has 0 saturated heterocycles. The highest BCUT2D eigenvalue weighted by Gasteiger charge is 2.25. The maximum atomic E-state index is 12.5. The molecule has 8 nitrogen and oxygen atoms in total. The maximum Gasteiger partial charge on any atom is 0.359 e. The third-order valence-corrected chi connectivity index (χ3v) is 5.36. The van der Waals surface area contributed by atoms with E-state index in [-0.39, 0.29) is 12.3 Å². The molecule has 0 radical (unpaired) electrons. The highest BCUT2D eigenvalue weighted by atomic mass is 32.1. The monoisotopic (exact) mass is 419 g/mol. The van der Waals surface area contributed by atoms with Gasteiger partial charge in [0.05, 0.1) is 18.4 Å². The predicted octanol–water partition coefficient (Wildman–Crippen LogP) is 3.41. The van der Waals surface area contributed by atoms with Gasteiger partial charge in [0.2, 0.25) is 0 Å². The Balaban J connectivity index is 2.13. The predicted molar refractivity (Wildman–Crippen MR) is 109 cm³/mol. The second kappa shape index (κ2) is 10.7. The van der Waals surface area contributed by atoms with Gasteiger partial charge in [0, 0.05) is 17.3 Å². The van der Waals surface area contributed by atoms with E-state index < -0.39 is 24.5 Å². The lowest BCUT2D eigenvalue weighted by Crippen LogP contribution is -2.22. The first-order valence-electron chi connectivity index (χ1n) is 9.39. The summed E-state index contributed by atoms with van der Waals surface area (Å²) in [7, 11) is 0. The summed E-state index contributed by atoms with van der Waals surface area (Å²) in [5, 5.41) is 3.08. The molecule has 2 heterocycles. The summed E-state index contributed by atoms with van der Waals surface area (Å²) in [4.78, 5) is 45.3. The van der Waals surface area contributed by atoms with Crippen LogP contribution in [0.3, 0.4) is 0 Å². The average molecular weight is 420 g/mol. The molecular formula is C20H25N3O5S. The van der Waals surface area contributed by atoms with Gasteiger partial charge < -0.3 is 14.8 Å². The lowest BCUT2D eigenvalue weighted by Gasteiger charge is -2.12. The number of carbonyl (C=O) groups is 3. The fourth-order valence-electron chi connectivity index (χ4n) is 2.60. The number of amides is 1. The van der Waals surface area contributed by atoms with Crippen LogP contribution in [0.25, 0.3) is 0 Å². The molecule has 1 N–H and O–H groups in total. The van der Waals surface area contributed by atoms with Gasteiger partial charge >= 0.3 is 11.9 Å². The summed E-state index contributed by atoms with van der Waals surface area (Å²) in [6, 6.07) is 0. The van der Waals surface area contributed by atoms with Gasteiger partial charge in [0.1, 0.15) is 5.00 Å². The van der Waals surface area contributed by atoms with Crippen LogP contribution in [0.15, 0.2) is 18.6 Å². The van der Waals surface area contributed by atoms with Gasteiger partial charge in [-0.3, -0.25) is 9.78 Å². The van der Waals surface area contributed by atoms with E-state index in [2.05, 4.69) is 29.1 Å². The number of esters is 2.